The van der Waals surface area contributed by atoms with Crippen molar-refractivity contribution in [2.75, 3.05) is 0 Å². The number of amides is 1. The Morgan fingerprint density at radius 3 is 3.19 bits per heavy atom. The van der Waals surface area contributed by atoms with Gasteiger partial charge < -0.3 is 14.3 Å². The second-order valence-electron chi connectivity index (χ2n) is 3.19. The van der Waals surface area contributed by atoms with E-state index >= 15 is 0 Å². The number of rotatable bonds is 4. The van der Waals surface area contributed by atoms with E-state index in [1.54, 1.807) is 18.5 Å². The summed E-state index contributed by atoms with van der Waals surface area (Å²) in [5, 5.41) is 10.4. The Bertz CT molecular complexity index is 461. The van der Waals surface area contributed by atoms with Crippen LogP contribution in [0.25, 0.3) is 0 Å². The molecule has 1 amide bonds. The van der Waals surface area contributed by atoms with Crippen molar-refractivity contribution in [1.29, 1.82) is 0 Å². The lowest BCUT2D eigenvalue weighted by Gasteiger charge is -2.03. The van der Waals surface area contributed by atoms with Crippen molar-refractivity contribution < 1.29 is 9.21 Å². The van der Waals surface area contributed by atoms with Gasteiger partial charge in [-0.3, -0.25) is 4.79 Å². The molecule has 1 N–H and O–H groups in total. The molecule has 0 spiro atoms. The zero-order valence-electron chi connectivity index (χ0n) is 8.88. The van der Waals surface area contributed by atoms with Gasteiger partial charge in [0.2, 0.25) is 0 Å². The number of carbonyl (C=O) groups is 1. The van der Waals surface area contributed by atoms with E-state index in [1.165, 1.54) is 6.26 Å². The number of hydrogen-bond acceptors (Lipinski definition) is 4. The fourth-order valence-electron chi connectivity index (χ4n) is 1.33. The number of furan rings is 1. The number of nitrogens with one attached hydrogen (secondary N) is 1. The monoisotopic (exact) mass is 220 g/mol. The molecular weight excluding hydrogens is 208 g/mol. The molecule has 0 unspecified atom stereocenters. The lowest BCUT2D eigenvalue weighted by molar-refractivity contribution is 0.0921. The summed E-state index contributed by atoms with van der Waals surface area (Å²) in [6, 6.07) is 3.28. The summed E-state index contributed by atoms with van der Waals surface area (Å²) >= 11 is 0. The average molecular weight is 220 g/mol. The number of aromatic nitrogens is 3. The molecule has 0 bridgehead atoms. The quantitative estimate of drug-likeness (QED) is 0.827. The average Bonchev–Trinajstić information content (AvgIpc) is 2.96. The third-order valence-corrected chi connectivity index (χ3v) is 2.19. The first-order valence-electron chi connectivity index (χ1n) is 4.99. The Kier molecular flexibility index (Phi) is 3.00. The first-order chi connectivity index (χ1) is 7.81. The van der Waals surface area contributed by atoms with Crippen molar-refractivity contribution in [1.82, 2.24) is 20.1 Å². The van der Waals surface area contributed by atoms with Crippen LogP contribution in [0.15, 0.2) is 29.1 Å². The molecule has 0 aromatic carbocycles. The molecule has 0 radical (unpaired) electrons. The molecule has 6 nitrogen and oxygen atoms in total. The van der Waals surface area contributed by atoms with Gasteiger partial charge in [0, 0.05) is 6.54 Å². The normalized spacial score (nSPS) is 10.3. The van der Waals surface area contributed by atoms with Crippen LogP contribution in [-0.2, 0) is 13.1 Å². The van der Waals surface area contributed by atoms with Gasteiger partial charge in [-0.25, -0.2) is 0 Å². The van der Waals surface area contributed by atoms with Crippen molar-refractivity contribution >= 4 is 5.91 Å². The summed E-state index contributed by atoms with van der Waals surface area (Å²) in [5.74, 6) is 0.764. The Morgan fingerprint density at radius 1 is 1.62 bits per heavy atom. The highest BCUT2D eigenvalue weighted by atomic mass is 16.3. The van der Waals surface area contributed by atoms with Gasteiger partial charge in [-0.2, -0.15) is 0 Å². The lowest BCUT2D eigenvalue weighted by Crippen LogP contribution is -2.24. The largest absolute Gasteiger partial charge is 0.459 e. The SMILES string of the molecule is CCn1cnnc1CNC(=O)c1ccco1. The molecule has 16 heavy (non-hydrogen) atoms. The van der Waals surface area contributed by atoms with Gasteiger partial charge in [0.25, 0.3) is 5.91 Å². The highest BCUT2D eigenvalue weighted by Gasteiger charge is 2.09. The molecule has 2 aromatic rings. The molecule has 6 heteroatoms. The number of carbonyl (C=O) groups excluding carboxylic acids is 1. The Morgan fingerprint density at radius 2 is 2.50 bits per heavy atom. The van der Waals surface area contributed by atoms with Gasteiger partial charge in [0.15, 0.2) is 11.6 Å². The van der Waals surface area contributed by atoms with Crippen LogP contribution in [0.3, 0.4) is 0 Å². The van der Waals surface area contributed by atoms with E-state index in [9.17, 15) is 4.79 Å². The summed E-state index contributed by atoms with van der Waals surface area (Å²) in [6.45, 7) is 3.10. The van der Waals surface area contributed by atoms with Gasteiger partial charge in [0.05, 0.1) is 12.8 Å². The van der Waals surface area contributed by atoms with E-state index in [0.29, 0.717) is 12.3 Å². The van der Waals surface area contributed by atoms with Crippen molar-refractivity contribution in [3.05, 3.63) is 36.3 Å². The van der Waals surface area contributed by atoms with Crippen LogP contribution in [0.5, 0.6) is 0 Å². The van der Waals surface area contributed by atoms with Gasteiger partial charge in [0.1, 0.15) is 6.33 Å². The van der Waals surface area contributed by atoms with Gasteiger partial charge in [-0.1, -0.05) is 0 Å². The van der Waals surface area contributed by atoms with E-state index < -0.39 is 0 Å². The standard InChI is InChI=1S/C10H12N4O2/c1-2-14-7-12-13-9(14)6-11-10(15)8-4-3-5-16-8/h3-5,7H,2,6H2,1H3,(H,11,15). The second kappa shape index (κ2) is 4.61. The topological polar surface area (TPSA) is 73.0 Å². The van der Waals surface area contributed by atoms with Crippen molar-refractivity contribution in [2.24, 2.45) is 0 Å². The molecule has 0 aliphatic heterocycles. The van der Waals surface area contributed by atoms with Crippen LogP contribution in [0.4, 0.5) is 0 Å². The zero-order chi connectivity index (χ0) is 11.4. The van der Waals surface area contributed by atoms with E-state index in [-0.39, 0.29) is 5.91 Å². The molecular formula is C10H12N4O2. The van der Waals surface area contributed by atoms with Gasteiger partial charge in [-0.05, 0) is 19.1 Å². The number of aryl methyl sites for hydroxylation is 1. The second-order valence-corrected chi connectivity index (χ2v) is 3.19. The Balaban J connectivity index is 1.95. The third kappa shape index (κ3) is 2.10. The maximum absolute atomic E-state index is 11.5. The molecule has 0 aliphatic carbocycles. The summed E-state index contributed by atoms with van der Waals surface area (Å²) in [6.07, 6.45) is 3.10. The molecule has 0 saturated carbocycles. The van der Waals surface area contributed by atoms with Crippen LogP contribution in [0, 0.1) is 0 Å². The van der Waals surface area contributed by atoms with Crippen LogP contribution >= 0.6 is 0 Å². The summed E-state index contributed by atoms with van der Waals surface area (Å²) in [4.78, 5) is 11.5. The summed E-state index contributed by atoms with van der Waals surface area (Å²) in [7, 11) is 0. The number of nitrogens with zero attached hydrogens (tertiary/aromatic N) is 3. The van der Waals surface area contributed by atoms with Crippen molar-refractivity contribution in [3.8, 4) is 0 Å². The van der Waals surface area contributed by atoms with Crippen LogP contribution in [0.1, 0.15) is 23.3 Å². The molecule has 2 heterocycles. The first-order valence-corrected chi connectivity index (χ1v) is 4.99. The fraction of sp³-hybridized carbons (Fsp3) is 0.300. The Hall–Kier alpha value is -2.11. The summed E-state index contributed by atoms with van der Waals surface area (Å²) in [5.41, 5.74) is 0. The molecule has 0 atom stereocenters. The van der Waals surface area contributed by atoms with Crippen LogP contribution in [-0.4, -0.2) is 20.7 Å². The number of hydrogen-bond donors (Lipinski definition) is 1. The first kappa shape index (κ1) is 10.4. The Labute approximate surface area is 92.3 Å². The minimum Gasteiger partial charge on any atom is -0.459 e. The molecule has 84 valence electrons. The lowest BCUT2D eigenvalue weighted by atomic mass is 10.4. The van der Waals surface area contributed by atoms with E-state index in [2.05, 4.69) is 15.5 Å². The predicted octanol–water partition coefficient (Wildman–Crippen LogP) is 0.821. The highest BCUT2D eigenvalue weighted by Crippen LogP contribution is 2.00. The third-order valence-electron chi connectivity index (χ3n) is 2.19. The zero-order valence-corrected chi connectivity index (χ0v) is 8.88. The summed E-state index contributed by atoms with van der Waals surface area (Å²) < 4.78 is 6.83. The fourth-order valence-corrected chi connectivity index (χ4v) is 1.33. The smallest absolute Gasteiger partial charge is 0.287 e. The van der Waals surface area contributed by atoms with Gasteiger partial charge >= 0.3 is 0 Å². The van der Waals surface area contributed by atoms with Crippen LogP contribution in [0.2, 0.25) is 0 Å². The van der Waals surface area contributed by atoms with Crippen molar-refractivity contribution in [2.45, 2.75) is 20.0 Å². The van der Waals surface area contributed by atoms with Crippen LogP contribution < -0.4 is 5.32 Å². The molecule has 2 rings (SSSR count). The van der Waals surface area contributed by atoms with Crippen molar-refractivity contribution in [3.63, 3.8) is 0 Å². The van der Waals surface area contributed by atoms with E-state index in [1.807, 2.05) is 11.5 Å². The molecule has 0 saturated heterocycles. The minimum atomic E-state index is -0.254. The molecule has 2 aromatic heterocycles. The van der Waals surface area contributed by atoms with Gasteiger partial charge in [-0.15, -0.1) is 10.2 Å². The predicted molar refractivity (Wildman–Crippen MR) is 55.6 cm³/mol. The molecule has 0 fully saturated rings. The maximum atomic E-state index is 11.5. The maximum Gasteiger partial charge on any atom is 0.287 e. The molecule has 0 aliphatic rings. The van der Waals surface area contributed by atoms with E-state index in [4.69, 9.17) is 4.42 Å². The van der Waals surface area contributed by atoms with E-state index in [0.717, 1.165) is 12.4 Å². The highest BCUT2D eigenvalue weighted by molar-refractivity contribution is 5.91. The minimum absolute atomic E-state index is 0.254.